The van der Waals surface area contributed by atoms with Gasteiger partial charge in [-0.25, -0.2) is 14.8 Å². The molecule has 24 heavy (non-hydrogen) atoms. The number of amides is 1. The molecule has 132 valence electrons. The highest BCUT2D eigenvalue weighted by molar-refractivity contribution is 5.68. The van der Waals surface area contributed by atoms with Gasteiger partial charge in [0.15, 0.2) is 0 Å². The molecule has 7 heteroatoms. The number of aromatic nitrogens is 2. The lowest BCUT2D eigenvalue weighted by Gasteiger charge is -2.47. The molecule has 2 saturated heterocycles. The van der Waals surface area contributed by atoms with Gasteiger partial charge in [0.1, 0.15) is 5.60 Å². The summed E-state index contributed by atoms with van der Waals surface area (Å²) in [6.07, 6.45) is 4.88. The van der Waals surface area contributed by atoms with Crippen LogP contribution in [0.5, 0.6) is 0 Å². The smallest absolute Gasteiger partial charge is 0.410 e. The molecule has 0 saturated carbocycles. The molecule has 2 fully saturated rings. The Kier molecular flexibility index (Phi) is 4.62. The summed E-state index contributed by atoms with van der Waals surface area (Å²) in [4.78, 5) is 24.8. The summed E-state index contributed by atoms with van der Waals surface area (Å²) in [5, 5.41) is 0. The van der Waals surface area contributed by atoms with Crippen molar-refractivity contribution in [3.8, 4) is 0 Å². The second-order valence-corrected chi connectivity index (χ2v) is 7.47. The Labute approximate surface area is 143 Å². The molecule has 0 bridgehead atoms. The van der Waals surface area contributed by atoms with Crippen LogP contribution in [0.4, 0.5) is 10.7 Å². The summed E-state index contributed by atoms with van der Waals surface area (Å²) in [6.45, 7) is 9.18. The third-order valence-corrected chi connectivity index (χ3v) is 4.41. The normalized spacial score (nSPS) is 21.0. The predicted octanol–water partition coefficient (Wildman–Crippen LogP) is 2.08. The largest absolute Gasteiger partial charge is 0.444 e. The van der Waals surface area contributed by atoms with Gasteiger partial charge in [-0.05, 0) is 39.7 Å². The molecule has 0 unspecified atom stereocenters. The fourth-order valence-electron chi connectivity index (χ4n) is 3.20. The quantitative estimate of drug-likeness (QED) is 0.783. The molecule has 1 spiro atoms. The average molecular weight is 334 g/mol. The van der Waals surface area contributed by atoms with Gasteiger partial charge in [-0.3, -0.25) is 0 Å². The van der Waals surface area contributed by atoms with Gasteiger partial charge in [0, 0.05) is 32.0 Å². The summed E-state index contributed by atoms with van der Waals surface area (Å²) >= 11 is 0. The molecule has 3 rings (SSSR count). The first-order valence-electron chi connectivity index (χ1n) is 8.51. The second kappa shape index (κ2) is 6.55. The molecule has 1 aromatic heterocycles. The van der Waals surface area contributed by atoms with Gasteiger partial charge in [0.05, 0.1) is 18.8 Å². The van der Waals surface area contributed by atoms with Crippen molar-refractivity contribution in [3.63, 3.8) is 0 Å². The number of anilines is 1. The molecule has 1 aromatic rings. The molecule has 2 aliphatic heterocycles. The van der Waals surface area contributed by atoms with E-state index in [2.05, 4.69) is 14.9 Å². The van der Waals surface area contributed by atoms with Crippen LogP contribution < -0.4 is 4.90 Å². The van der Waals surface area contributed by atoms with Crippen molar-refractivity contribution in [2.75, 3.05) is 37.7 Å². The van der Waals surface area contributed by atoms with Crippen LogP contribution in [-0.4, -0.2) is 64.9 Å². The SMILES string of the molecule is CC(C)(C)OC(=O)N1CCC2(CC1)CN(c1ncccn1)CCO2. The molecule has 0 aliphatic carbocycles. The molecule has 7 nitrogen and oxygen atoms in total. The molecule has 2 aliphatic rings. The first kappa shape index (κ1) is 17.0. The van der Waals surface area contributed by atoms with E-state index in [1.807, 2.05) is 26.8 Å². The van der Waals surface area contributed by atoms with Crippen molar-refractivity contribution in [1.82, 2.24) is 14.9 Å². The van der Waals surface area contributed by atoms with Crippen LogP contribution in [0.3, 0.4) is 0 Å². The lowest BCUT2D eigenvalue weighted by atomic mass is 9.89. The number of morpholine rings is 1. The van der Waals surface area contributed by atoms with Crippen LogP contribution in [0.25, 0.3) is 0 Å². The van der Waals surface area contributed by atoms with Crippen molar-refractivity contribution < 1.29 is 14.3 Å². The van der Waals surface area contributed by atoms with Crippen molar-refractivity contribution in [3.05, 3.63) is 18.5 Å². The highest BCUT2D eigenvalue weighted by Crippen LogP contribution is 2.31. The van der Waals surface area contributed by atoms with E-state index in [0.29, 0.717) is 19.7 Å². The number of carbonyl (C=O) groups excluding carboxylic acids is 1. The van der Waals surface area contributed by atoms with Crippen LogP contribution in [-0.2, 0) is 9.47 Å². The average Bonchev–Trinajstić information content (AvgIpc) is 2.55. The van der Waals surface area contributed by atoms with Gasteiger partial charge in [-0.1, -0.05) is 0 Å². The number of carbonyl (C=O) groups is 1. The maximum atomic E-state index is 12.2. The standard InChI is InChI=1S/C17H26N4O3/c1-16(2,3)24-15(22)20-9-5-17(6-10-20)13-21(11-12-23-17)14-18-7-4-8-19-14/h4,7-8H,5-6,9-13H2,1-3H3. The fourth-order valence-corrected chi connectivity index (χ4v) is 3.20. The number of rotatable bonds is 1. The Hall–Kier alpha value is -1.89. The van der Waals surface area contributed by atoms with E-state index in [9.17, 15) is 4.79 Å². The number of likely N-dealkylation sites (tertiary alicyclic amines) is 1. The highest BCUT2D eigenvalue weighted by atomic mass is 16.6. The molecule has 0 radical (unpaired) electrons. The van der Waals surface area contributed by atoms with E-state index in [1.165, 1.54) is 0 Å². The van der Waals surface area contributed by atoms with E-state index >= 15 is 0 Å². The number of piperidine rings is 1. The minimum atomic E-state index is -0.463. The molecule has 1 amide bonds. The van der Waals surface area contributed by atoms with E-state index in [1.54, 1.807) is 17.3 Å². The summed E-state index contributed by atoms with van der Waals surface area (Å²) in [5.41, 5.74) is -0.690. The molecular formula is C17H26N4O3. The number of nitrogens with zero attached hydrogens (tertiary/aromatic N) is 4. The Balaban J connectivity index is 1.59. The lowest BCUT2D eigenvalue weighted by Crippen LogP contribution is -2.58. The second-order valence-electron chi connectivity index (χ2n) is 7.47. The van der Waals surface area contributed by atoms with Crippen molar-refractivity contribution in [1.29, 1.82) is 0 Å². The first-order chi connectivity index (χ1) is 11.4. The maximum Gasteiger partial charge on any atom is 0.410 e. The van der Waals surface area contributed by atoms with Crippen LogP contribution in [0.1, 0.15) is 33.6 Å². The Morgan fingerprint density at radius 1 is 1.21 bits per heavy atom. The highest BCUT2D eigenvalue weighted by Gasteiger charge is 2.41. The summed E-state index contributed by atoms with van der Waals surface area (Å²) in [5.74, 6) is 0.745. The predicted molar refractivity (Wildman–Crippen MR) is 90.0 cm³/mol. The van der Waals surface area contributed by atoms with Crippen LogP contribution in [0.2, 0.25) is 0 Å². The summed E-state index contributed by atoms with van der Waals surface area (Å²) in [7, 11) is 0. The summed E-state index contributed by atoms with van der Waals surface area (Å²) < 4.78 is 11.6. The zero-order valence-electron chi connectivity index (χ0n) is 14.7. The molecule has 3 heterocycles. The van der Waals surface area contributed by atoms with Gasteiger partial charge < -0.3 is 19.3 Å². The Morgan fingerprint density at radius 3 is 2.50 bits per heavy atom. The zero-order valence-corrected chi connectivity index (χ0v) is 14.7. The van der Waals surface area contributed by atoms with E-state index in [0.717, 1.165) is 31.9 Å². The maximum absolute atomic E-state index is 12.2. The molecule has 0 atom stereocenters. The molecule has 0 N–H and O–H groups in total. The molecular weight excluding hydrogens is 308 g/mol. The number of hydrogen-bond acceptors (Lipinski definition) is 6. The lowest BCUT2D eigenvalue weighted by molar-refractivity contribution is -0.0915. The third kappa shape index (κ3) is 3.95. The zero-order chi connectivity index (χ0) is 17.2. The van der Waals surface area contributed by atoms with Gasteiger partial charge in [-0.15, -0.1) is 0 Å². The van der Waals surface area contributed by atoms with E-state index < -0.39 is 5.60 Å². The van der Waals surface area contributed by atoms with Gasteiger partial charge in [0.2, 0.25) is 5.95 Å². The third-order valence-electron chi connectivity index (χ3n) is 4.41. The van der Waals surface area contributed by atoms with E-state index in [-0.39, 0.29) is 11.7 Å². The van der Waals surface area contributed by atoms with Gasteiger partial charge in [-0.2, -0.15) is 0 Å². The van der Waals surface area contributed by atoms with Crippen LogP contribution >= 0.6 is 0 Å². The first-order valence-corrected chi connectivity index (χ1v) is 8.51. The van der Waals surface area contributed by atoms with Gasteiger partial charge in [0.25, 0.3) is 0 Å². The Morgan fingerprint density at radius 2 is 1.88 bits per heavy atom. The number of hydrogen-bond donors (Lipinski definition) is 0. The van der Waals surface area contributed by atoms with Crippen LogP contribution in [0.15, 0.2) is 18.5 Å². The Bertz CT molecular complexity index is 565. The number of ether oxygens (including phenoxy) is 2. The minimum Gasteiger partial charge on any atom is -0.444 e. The van der Waals surface area contributed by atoms with Crippen molar-refractivity contribution >= 4 is 12.0 Å². The van der Waals surface area contributed by atoms with Crippen molar-refractivity contribution in [2.45, 2.75) is 44.8 Å². The monoisotopic (exact) mass is 334 g/mol. The van der Waals surface area contributed by atoms with Gasteiger partial charge >= 0.3 is 6.09 Å². The van der Waals surface area contributed by atoms with E-state index in [4.69, 9.17) is 9.47 Å². The van der Waals surface area contributed by atoms with Crippen molar-refractivity contribution in [2.24, 2.45) is 0 Å². The summed E-state index contributed by atoms with van der Waals surface area (Å²) in [6, 6.07) is 1.82. The topological polar surface area (TPSA) is 67.8 Å². The van der Waals surface area contributed by atoms with Crippen LogP contribution in [0, 0.1) is 0 Å². The minimum absolute atomic E-state index is 0.226. The molecule has 0 aromatic carbocycles. The fraction of sp³-hybridized carbons (Fsp3) is 0.706.